The van der Waals surface area contributed by atoms with Crippen molar-refractivity contribution in [3.63, 3.8) is 0 Å². The maximum Gasteiger partial charge on any atom is 0.331 e. The molecule has 0 heterocycles. The van der Waals surface area contributed by atoms with Gasteiger partial charge in [-0.2, -0.15) is 0 Å². The number of allylic oxidation sites excluding steroid dienone is 2. The monoisotopic (exact) mass is 452 g/mol. The van der Waals surface area contributed by atoms with Crippen LogP contribution in [0.15, 0.2) is 12.2 Å². The number of carbonyl (C=O) groups excluding carboxylic acids is 1. The second-order valence-corrected chi connectivity index (χ2v) is 10.2. The molecule has 0 saturated heterocycles. The third-order valence-electron chi connectivity index (χ3n) is 5.38. The van der Waals surface area contributed by atoms with Gasteiger partial charge in [-0.3, -0.25) is 9.36 Å². The Kier molecular flexibility index (Phi) is 18.8. The van der Waals surface area contributed by atoms with Gasteiger partial charge >= 0.3 is 7.60 Å². The van der Waals surface area contributed by atoms with E-state index >= 15 is 0 Å². The first kappa shape index (κ1) is 29.4. The quantitative estimate of drug-likeness (QED) is 0.101. The zero-order valence-electron chi connectivity index (χ0n) is 19.3. The zero-order valence-corrected chi connectivity index (χ0v) is 20.1. The van der Waals surface area contributed by atoms with E-state index in [1.165, 1.54) is 44.9 Å². The van der Waals surface area contributed by atoms with E-state index in [-0.39, 0.29) is 6.42 Å². The summed E-state index contributed by atoms with van der Waals surface area (Å²) in [6.07, 6.45) is 16.0. The van der Waals surface area contributed by atoms with E-state index in [1.807, 2.05) is 0 Å². The van der Waals surface area contributed by atoms with E-state index in [4.69, 9.17) is 9.05 Å². The van der Waals surface area contributed by atoms with E-state index in [0.717, 1.165) is 46.3 Å². The predicted molar refractivity (Wildman–Crippen MR) is 120 cm³/mol. The van der Waals surface area contributed by atoms with Crippen LogP contribution in [0.5, 0.6) is 0 Å². The maximum absolute atomic E-state index is 13.2. The van der Waals surface area contributed by atoms with Gasteiger partial charge in [0.1, 0.15) is 5.78 Å². The summed E-state index contributed by atoms with van der Waals surface area (Å²) in [5.41, 5.74) is 0. The van der Waals surface area contributed by atoms with Crippen LogP contribution in [0.2, 0.25) is 0 Å². The van der Waals surface area contributed by atoms with Gasteiger partial charge in [-0.25, -0.2) is 8.78 Å². The van der Waals surface area contributed by atoms with Crippen LogP contribution < -0.4 is 0 Å². The largest absolute Gasteiger partial charge is 0.331 e. The summed E-state index contributed by atoms with van der Waals surface area (Å²) < 4.78 is 47.8. The van der Waals surface area contributed by atoms with Crippen LogP contribution in [-0.4, -0.2) is 32.6 Å². The van der Waals surface area contributed by atoms with Crippen molar-refractivity contribution in [3.05, 3.63) is 12.2 Å². The van der Waals surface area contributed by atoms with Gasteiger partial charge in [0.05, 0.1) is 12.1 Å². The Balaban J connectivity index is 3.78. The van der Waals surface area contributed by atoms with Crippen molar-refractivity contribution in [1.82, 2.24) is 0 Å². The highest BCUT2D eigenvalue weighted by Gasteiger charge is 2.36. The zero-order chi connectivity index (χ0) is 22.7. The van der Waals surface area contributed by atoms with Gasteiger partial charge in [0, 0.05) is 20.6 Å². The number of unbranched alkanes of at least 4 members (excludes halogenated alkanes) is 11. The van der Waals surface area contributed by atoms with Crippen LogP contribution in [0.4, 0.5) is 8.78 Å². The molecule has 0 fully saturated rings. The molecule has 0 aliphatic heterocycles. The summed E-state index contributed by atoms with van der Waals surface area (Å²) in [6, 6.07) is 0. The third kappa shape index (κ3) is 15.3. The van der Waals surface area contributed by atoms with Crippen molar-refractivity contribution in [1.29, 1.82) is 0 Å². The van der Waals surface area contributed by atoms with Crippen molar-refractivity contribution in [3.8, 4) is 0 Å². The molecular weight excluding hydrogens is 409 g/mol. The minimum absolute atomic E-state index is 0.0839. The summed E-state index contributed by atoms with van der Waals surface area (Å²) in [5, 5.41) is 0. The van der Waals surface area contributed by atoms with Gasteiger partial charge in [0.2, 0.25) is 6.43 Å². The molecule has 0 unspecified atom stereocenters. The Morgan fingerprint density at radius 1 is 0.833 bits per heavy atom. The number of alkyl halides is 2. The Hall–Kier alpha value is -0.580. The summed E-state index contributed by atoms with van der Waals surface area (Å²) in [5.74, 6) is -2.15. The van der Waals surface area contributed by atoms with Crippen molar-refractivity contribution < 1.29 is 27.2 Å². The Labute approximate surface area is 182 Å². The standard InChI is InChI=1S/C23H43F2O4P/c1-4-5-6-7-8-9-10-11-12-13-14-15-16-17-18-19-22(26)21(23(24)25)20-30(27,28-2)29-3/h11-12,21,23H,4-10,13-20H2,1-3H3/t21-/m1/s1. The lowest BCUT2D eigenvalue weighted by atomic mass is 10.0. The summed E-state index contributed by atoms with van der Waals surface area (Å²) >= 11 is 0. The minimum Gasteiger partial charge on any atom is -0.312 e. The Morgan fingerprint density at radius 3 is 1.77 bits per heavy atom. The molecule has 0 aromatic rings. The molecule has 0 aliphatic rings. The van der Waals surface area contributed by atoms with Crippen LogP contribution in [0.1, 0.15) is 96.8 Å². The SMILES string of the molecule is CCCCCCCCC=CCCCCCCCC(=O)[C@@H](CP(=O)(OC)OC)C(F)F. The lowest BCUT2D eigenvalue weighted by molar-refractivity contribution is -0.126. The minimum atomic E-state index is -3.63. The molecule has 0 amide bonds. The van der Waals surface area contributed by atoms with Crippen LogP contribution in [0, 0.1) is 5.92 Å². The first-order chi connectivity index (χ1) is 14.4. The number of rotatable bonds is 21. The summed E-state index contributed by atoms with van der Waals surface area (Å²) in [7, 11) is -1.35. The molecule has 0 N–H and O–H groups in total. The van der Waals surface area contributed by atoms with Gasteiger partial charge in [0.15, 0.2) is 0 Å². The first-order valence-corrected chi connectivity index (χ1v) is 13.3. The molecule has 178 valence electrons. The van der Waals surface area contributed by atoms with Gasteiger partial charge < -0.3 is 9.05 Å². The molecule has 0 aromatic carbocycles. The second-order valence-electron chi connectivity index (χ2n) is 7.90. The van der Waals surface area contributed by atoms with Crippen LogP contribution in [-0.2, 0) is 18.4 Å². The number of carbonyl (C=O) groups is 1. The lowest BCUT2D eigenvalue weighted by Gasteiger charge is -2.20. The molecule has 4 nitrogen and oxygen atoms in total. The molecule has 0 bridgehead atoms. The molecule has 0 saturated carbocycles. The Morgan fingerprint density at radius 2 is 1.30 bits per heavy atom. The first-order valence-electron chi connectivity index (χ1n) is 11.6. The molecule has 0 aliphatic carbocycles. The fourth-order valence-corrected chi connectivity index (χ4v) is 4.63. The maximum atomic E-state index is 13.2. The molecular formula is C23H43F2O4P. The van der Waals surface area contributed by atoms with E-state index < -0.39 is 31.9 Å². The lowest BCUT2D eigenvalue weighted by Crippen LogP contribution is -2.26. The second kappa shape index (κ2) is 19.1. The number of hydrogen-bond donors (Lipinski definition) is 0. The van der Waals surface area contributed by atoms with E-state index in [1.54, 1.807) is 0 Å². The normalized spacial score (nSPS) is 13.4. The highest BCUT2D eigenvalue weighted by atomic mass is 31.2. The highest BCUT2D eigenvalue weighted by molar-refractivity contribution is 7.53. The van der Waals surface area contributed by atoms with Crippen molar-refractivity contribution in [2.75, 3.05) is 20.4 Å². The van der Waals surface area contributed by atoms with Crippen molar-refractivity contribution in [2.24, 2.45) is 5.92 Å². The fraction of sp³-hybridized carbons (Fsp3) is 0.870. The Bertz CT molecular complexity index is 490. The average molecular weight is 453 g/mol. The fourth-order valence-electron chi connectivity index (χ4n) is 3.34. The molecule has 0 spiro atoms. The van der Waals surface area contributed by atoms with Gasteiger partial charge in [-0.15, -0.1) is 0 Å². The van der Waals surface area contributed by atoms with Gasteiger partial charge in [-0.05, 0) is 32.1 Å². The number of hydrogen-bond acceptors (Lipinski definition) is 4. The molecule has 0 rings (SSSR count). The van der Waals surface area contributed by atoms with E-state index in [9.17, 15) is 18.1 Å². The van der Waals surface area contributed by atoms with Crippen LogP contribution >= 0.6 is 7.60 Å². The van der Waals surface area contributed by atoms with Crippen LogP contribution in [0.25, 0.3) is 0 Å². The average Bonchev–Trinajstić information content (AvgIpc) is 2.74. The van der Waals surface area contributed by atoms with Crippen LogP contribution in [0.3, 0.4) is 0 Å². The van der Waals surface area contributed by atoms with E-state index in [2.05, 4.69) is 19.1 Å². The van der Waals surface area contributed by atoms with Gasteiger partial charge in [0.25, 0.3) is 0 Å². The molecule has 0 radical (unpaired) electrons. The highest BCUT2D eigenvalue weighted by Crippen LogP contribution is 2.49. The number of Topliss-reactive ketones (excluding diaryl/α,β-unsaturated/α-hetero) is 1. The summed E-state index contributed by atoms with van der Waals surface area (Å²) in [6.45, 7) is 2.23. The molecule has 0 aromatic heterocycles. The summed E-state index contributed by atoms with van der Waals surface area (Å²) in [4.78, 5) is 12.1. The third-order valence-corrected chi connectivity index (χ3v) is 7.33. The number of halogens is 2. The molecule has 1 atom stereocenters. The van der Waals surface area contributed by atoms with E-state index in [0.29, 0.717) is 6.42 Å². The van der Waals surface area contributed by atoms with Crippen molar-refractivity contribution in [2.45, 2.75) is 103 Å². The predicted octanol–water partition coefficient (Wildman–Crippen LogP) is 7.96. The van der Waals surface area contributed by atoms with Crippen molar-refractivity contribution >= 4 is 13.4 Å². The van der Waals surface area contributed by atoms with Gasteiger partial charge in [-0.1, -0.05) is 70.4 Å². The topological polar surface area (TPSA) is 52.6 Å². The smallest absolute Gasteiger partial charge is 0.312 e. The number of ketones is 1. The molecule has 7 heteroatoms. The molecule has 30 heavy (non-hydrogen) atoms.